The molecule has 0 saturated heterocycles. The SMILES string of the molecule is CCCC(C)(Oc1ccc(Cc2ccc(Cl)cc2)cc1)C(=O)OCC. The van der Waals surface area contributed by atoms with Gasteiger partial charge in [-0.2, -0.15) is 0 Å². The zero-order chi connectivity index (χ0) is 18.3. The Bertz CT molecular complexity index is 679. The summed E-state index contributed by atoms with van der Waals surface area (Å²) in [7, 11) is 0. The summed E-state index contributed by atoms with van der Waals surface area (Å²) in [5.74, 6) is 0.353. The molecule has 1 atom stereocenters. The number of carbonyl (C=O) groups is 1. The minimum Gasteiger partial charge on any atom is -0.476 e. The first kappa shape index (κ1) is 19.3. The highest BCUT2D eigenvalue weighted by Gasteiger charge is 2.36. The first-order valence-corrected chi connectivity index (χ1v) is 9.04. The zero-order valence-corrected chi connectivity index (χ0v) is 15.8. The number of halogens is 1. The van der Waals surface area contributed by atoms with Crippen LogP contribution in [0.25, 0.3) is 0 Å². The summed E-state index contributed by atoms with van der Waals surface area (Å²) in [6.45, 7) is 5.96. The van der Waals surface area contributed by atoms with E-state index in [1.807, 2.05) is 55.5 Å². The molecule has 2 aromatic carbocycles. The fourth-order valence-corrected chi connectivity index (χ4v) is 2.85. The number of esters is 1. The van der Waals surface area contributed by atoms with Gasteiger partial charge in [-0.05, 0) is 62.1 Å². The van der Waals surface area contributed by atoms with Gasteiger partial charge in [0.2, 0.25) is 5.60 Å². The second kappa shape index (κ2) is 8.91. The predicted molar refractivity (Wildman–Crippen MR) is 101 cm³/mol. The molecule has 0 aliphatic rings. The molecule has 0 N–H and O–H groups in total. The predicted octanol–water partition coefficient (Wildman–Crippen LogP) is 5.43. The van der Waals surface area contributed by atoms with Crippen molar-refractivity contribution in [2.75, 3.05) is 6.61 Å². The first-order chi connectivity index (χ1) is 12.0. The van der Waals surface area contributed by atoms with Crippen molar-refractivity contribution in [2.45, 2.75) is 45.6 Å². The van der Waals surface area contributed by atoms with Gasteiger partial charge in [-0.3, -0.25) is 0 Å². The van der Waals surface area contributed by atoms with Crippen molar-refractivity contribution in [1.29, 1.82) is 0 Å². The van der Waals surface area contributed by atoms with Crippen LogP contribution in [0, 0.1) is 0 Å². The summed E-state index contributed by atoms with van der Waals surface area (Å²) in [5.41, 5.74) is 1.41. The maximum atomic E-state index is 12.2. The third-order valence-electron chi connectivity index (χ3n) is 4.02. The molecule has 2 rings (SSSR count). The Hall–Kier alpha value is -2.00. The lowest BCUT2D eigenvalue weighted by molar-refractivity contribution is -0.160. The van der Waals surface area contributed by atoms with Crippen molar-refractivity contribution in [3.63, 3.8) is 0 Å². The van der Waals surface area contributed by atoms with Crippen molar-refractivity contribution in [3.8, 4) is 5.75 Å². The third kappa shape index (κ3) is 5.50. The minimum atomic E-state index is -0.956. The molecule has 0 amide bonds. The lowest BCUT2D eigenvalue weighted by Crippen LogP contribution is -2.42. The largest absolute Gasteiger partial charge is 0.476 e. The van der Waals surface area contributed by atoms with E-state index in [4.69, 9.17) is 21.1 Å². The second-order valence-corrected chi connectivity index (χ2v) is 6.69. The molecule has 0 fully saturated rings. The Morgan fingerprint density at radius 3 is 2.08 bits per heavy atom. The van der Waals surface area contributed by atoms with Crippen molar-refractivity contribution in [3.05, 3.63) is 64.7 Å². The zero-order valence-electron chi connectivity index (χ0n) is 15.0. The van der Waals surface area contributed by atoms with E-state index in [0.717, 1.165) is 17.9 Å². The minimum absolute atomic E-state index is 0.318. The van der Waals surface area contributed by atoms with Gasteiger partial charge < -0.3 is 9.47 Å². The van der Waals surface area contributed by atoms with Gasteiger partial charge in [0.05, 0.1) is 6.61 Å². The molecule has 0 aromatic heterocycles. The Morgan fingerprint density at radius 2 is 1.56 bits per heavy atom. The first-order valence-electron chi connectivity index (χ1n) is 8.66. The molecule has 2 aromatic rings. The molecule has 1 unspecified atom stereocenters. The average Bonchev–Trinajstić information content (AvgIpc) is 2.59. The number of carbonyl (C=O) groups excluding carboxylic acids is 1. The van der Waals surface area contributed by atoms with Crippen LogP contribution in [0.1, 0.15) is 44.7 Å². The smallest absolute Gasteiger partial charge is 0.350 e. The number of ether oxygens (including phenoxy) is 2. The van der Waals surface area contributed by atoms with E-state index in [1.54, 1.807) is 13.8 Å². The summed E-state index contributed by atoms with van der Waals surface area (Å²) >= 11 is 5.92. The van der Waals surface area contributed by atoms with Crippen LogP contribution in [0.3, 0.4) is 0 Å². The summed E-state index contributed by atoms with van der Waals surface area (Å²) in [6, 6.07) is 15.7. The molecule has 0 bridgehead atoms. The fourth-order valence-electron chi connectivity index (χ4n) is 2.73. The maximum absolute atomic E-state index is 12.2. The molecule has 0 saturated carbocycles. The fraction of sp³-hybridized carbons (Fsp3) is 0.381. The van der Waals surface area contributed by atoms with Gasteiger partial charge in [-0.25, -0.2) is 4.79 Å². The van der Waals surface area contributed by atoms with Gasteiger partial charge in [-0.1, -0.05) is 49.2 Å². The van der Waals surface area contributed by atoms with Gasteiger partial charge >= 0.3 is 5.97 Å². The summed E-state index contributed by atoms with van der Waals surface area (Å²) in [6.07, 6.45) is 2.27. The van der Waals surface area contributed by atoms with Gasteiger partial charge in [0, 0.05) is 5.02 Å². The second-order valence-electron chi connectivity index (χ2n) is 6.25. The van der Waals surface area contributed by atoms with Gasteiger partial charge in [-0.15, -0.1) is 0 Å². The van der Waals surface area contributed by atoms with E-state index in [-0.39, 0.29) is 5.97 Å². The Morgan fingerprint density at radius 1 is 1.00 bits per heavy atom. The molecule has 0 aliphatic heterocycles. The third-order valence-corrected chi connectivity index (χ3v) is 4.27. The molecule has 4 heteroatoms. The van der Waals surface area contributed by atoms with E-state index in [2.05, 4.69) is 0 Å². The van der Waals surface area contributed by atoms with Gasteiger partial charge in [0.25, 0.3) is 0 Å². The lowest BCUT2D eigenvalue weighted by atomic mass is 10.00. The van der Waals surface area contributed by atoms with E-state index < -0.39 is 5.60 Å². The molecule has 134 valence electrons. The number of benzene rings is 2. The van der Waals surface area contributed by atoms with Crippen molar-refractivity contribution >= 4 is 17.6 Å². The Kier molecular flexibility index (Phi) is 6.89. The molecule has 0 radical (unpaired) electrons. The highest BCUT2D eigenvalue weighted by Crippen LogP contribution is 2.25. The standard InChI is InChI=1S/C21H25ClO3/c1-4-14-21(3,20(23)24-5-2)25-19-12-8-17(9-13-19)15-16-6-10-18(22)11-7-16/h6-13H,4-5,14-15H2,1-3H3. The normalized spacial score (nSPS) is 13.1. The summed E-state index contributed by atoms with van der Waals surface area (Å²) in [5, 5.41) is 0.738. The van der Waals surface area contributed by atoms with E-state index >= 15 is 0 Å². The highest BCUT2D eigenvalue weighted by molar-refractivity contribution is 6.30. The van der Waals surface area contributed by atoms with Gasteiger partial charge in [0.1, 0.15) is 5.75 Å². The van der Waals surface area contributed by atoms with E-state index in [0.29, 0.717) is 18.8 Å². The number of rotatable bonds is 8. The lowest BCUT2D eigenvalue weighted by Gasteiger charge is -2.28. The van der Waals surface area contributed by atoms with Crippen molar-refractivity contribution < 1.29 is 14.3 Å². The molecular formula is C21H25ClO3. The van der Waals surface area contributed by atoms with Crippen molar-refractivity contribution in [1.82, 2.24) is 0 Å². The number of hydrogen-bond donors (Lipinski definition) is 0. The van der Waals surface area contributed by atoms with Crippen LogP contribution in [0.5, 0.6) is 5.75 Å². The van der Waals surface area contributed by atoms with Crippen LogP contribution in [-0.2, 0) is 16.0 Å². The molecule has 3 nitrogen and oxygen atoms in total. The van der Waals surface area contributed by atoms with Gasteiger partial charge in [0.15, 0.2) is 0 Å². The van der Waals surface area contributed by atoms with E-state index in [1.165, 1.54) is 11.1 Å². The molecule has 0 heterocycles. The molecule has 0 aliphatic carbocycles. The van der Waals surface area contributed by atoms with Crippen LogP contribution in [0.4, 0.5) is 0 Å². The van der Waals surface area contributed by atoms with Crippen LogP contribution < -0.4 is 4.74 Å². The monoisotopic (exact) mass is 360 g/mol. The Balaban J connectivity index is 2.07. The molecule has 25 heavy (non-hydrogen) atoms. The quantitative estimate of drug-likeness (QED) is 0.588. The maximum Gasteiger partial charge on any atom is 0.350 e. The topological polar surface area (TPSA) is 35.5 Å². The van der Waals surface area contributed by atoms with Crippen LogP contribution in [0.2, 0.25) is 5.02 Å². The van der Waals surface area contributed by atoms with E-state index in [9.17, 15) is 4.79 Å². The van der Waals surface area contributed by atoms with Crippen molar-refractivity contribution in [2.24, 2.45) is 0 Å². The highest BCUT2D eigenvalue weighted by atomic mass is 35.5. The van der Waals surface area contributed by atoms with Crippen LogP contribution in [-0.4, -0.2) is 18.2 Å². The molecular weight excluding hydrogens is 336 g/mol. The molecule has 0 spiro atoms. The summed E-state index contributed by atoms with van der Waals surface area (Å²) in [4.78, 5) is 12.2. The Labute approximate surface area is 154 Å². The number of hydrogen-bond acceptors (Lipinski definition) is 3. The summed E-state index contributed by atoms with van der Waals surface area (Å²) < 4.78 is 11.2. The average molecular weight is 361 g/mol. The van der Waals surface area contributed by atoms with Crippen LogP contribution >= 0.6 is 11.6 Å². The van der Waals surface area contributed by atoms with Crippen LogP contribution in [0.15, 0.2) is 48.5 Å².